The summed E-state index contributed by atoms with van der Waals surface area (Å²) in [5.74, 6) is 0.510. The summed E-state index contributed by atoms with van der Waals surface area (Å²) in [4.78, 5) is 15.4. The molecule has 3 aromatic rings. The number of ether oxygens (including phenoxy) is 1. The molecule has 0 bridgehead atoms. The molecule has 0 saturated carbocycles. The van der Waals surface area contributed by atoms with Crippen LogP contribution >= 0.6 is 39.1 Å². The Kier molecular flexibility index (Phi) is 7.77. The predicted molar refractivity (Wildman–Crippen MR) is 159 cm³/mol. The van der Waals surface area contributed by atoms with Crippen LogP contribution in [0.5, 0.6) is 5.75 Å². The number of Topliss-reactive ketones (excluding diaryl/α,β-unsaturated/α-hetero) is 1. The van der Waals surface area contributed by atoms with Crippen LogP contribution in [0, 0.1) is 25.2 Å². The van der Waals surface area contributed by atoms with Crippen LogP contribution in [0.2, 0.25) is 10.0 Å². The highest BCUT2D eigenvalue weighted by molar-refractivity contribution is 9.10. The number of allylic oxidation sites excluding steroid dienone is 3. The largest absolute Gasteiger partial charge is 0.489 e. The van der Waals surface area contributed by atoms with Crippen molar-refractivity contribution in [1.29, 1.82) is 5.26 Å². The van der Waals surface area contributed by atoms with Gasteiger partial charge >= 0.3 is 0 Å². The number of carbonyl (C=O) groups is 1. The number of carbonyl (C=O) groups excluding carboxylic acids is 1. The van der Waals surface area contributed by atoms with E-state index in [4.69, 9.17) is 33.7 Å². The molecule has 0 fully saturated rings. The number of ketones is 1. The number of rotatable bonds is 5. The fourth-order valence-electron chi connectivity index (χ4n) is 5.42. The third kappa shape index (κ3) is 5.19. The van der Waals surface area contributed by atoms with Crippen LogP contribution < -0.4 is 15.4 Å². The first-order valence-electron chi connectivity index (χ1n) is 12.6. The number of hydrogen-bond acceptors (Lipinski definition) is 5. The van der Waals surface area contributed by atoms with Gasteiger partial charge in [-0.05, 0) is 85.8 Å². The lowest BCUT2D eigenvalue weighted by atomic mass is 9.73. The summed E-state index contributed by atoms with van der Waals surface area (Å²) in [7, 11) is 0. The minimum atomic E-state index is -0.567. The van der Waals surface area contributed by atoms with E-state index in [1.165, 1.54) is 0 Å². The van der Waals surface area contributed by atoms with Crippen LogP contribution in [0.1, 0.15) is 47.4 Å². The van der Waals surface area contributed by atoms with Crippen molar-refractivity contribution < 1.29 is 9.53 Å². The van der Waals surface area contributed by atoms with Crippen molar-refractivity contribution in [3.05, 3.63) is 114 Å². The summed E-state index contributed by atoms with van der Waals surface area (Å²) in [6.07, 6.45) is 1.78. The van der Waals surface area contributed by atoms with Crippen molar-refractivity contribution in [2.75, 3.05) is 4.90 Å². The van der Waals surface area contributed by atoms with Crippen LogP contribution in [-0.4, -0.2) is 5.78 Å². The lowest BCUT2D eigenvalue weighted by molar-refractivity contribution is -0.116. The van der Waals surface area contributed by atoms with Crippen molar-refractivity contribution in [3.63, 3.8) is 0 Å². The third-order valence-corrected chi connectivity index (χ3v) is 8.56. The third-order valence-electron chi connectivity index (χ3n) is 7.29. The molecule has 198 valence electrons. The molecule has 0 spiro atoms. The standard InChI is InChI=1S/C31H26BrCl2N3O2/c1-17-12-19(16-39-22-9-6-20(32)7-10-22)18(2)23(13-17)29-24(15-35)31(36)37(21-8-11-25(33)26(34)14-21)27-4-3-5-28(38)30(27)29/h6-14,29H,3-5,16,36H2,1-2H3. The number of nitrogens with two attached hydrogens (primary N) is 1. The lowest BCUT2D eigenvalue weighted by Crippen LogP contribution is -2.39. The fourth-order valence-corrected chi connectivity index (χ4v) is 5.98. The number of halogens is 3. The molecule has 0 radical (unpaired) electrons. The highest BCUT2D eigenvalue weighted by Crippen LogP contribution is 2.48. The number of anilines is 1. The summed E-state index contributed by atoms with van der Waals surface area (Å²) >= 11 is 16.0. The monoisotopic (exact) mass is 621 g/mol. The van der Waals surface area contributed by atoms with Gasteiger partial charge in [-0.25, -0.2) is 0 Å². The quantitative estimate of drug-likeness (QED) is 0.310. The van der Waals surface area contributed by atoms with Gasteiger partial charge in [-0.2, -0.15) is 5.26 Å². The SMILES string of the molecule is Cc1cc(COc2ccc(Br)cc2)c(C)c(C2C(C#N)=C(N)N(c3ccc(Cl)c(Cl)c3)C3=C2C(=O)CCC3)c1. The van der Waals surface area contributed by atoms with E-state index in [0.29, 0.717) is 58.6 Å². The van der Waals surface area contributed by atoms with Crippen LogP contribution in [-0.2, 0) is 11.4 Å². The Morgan fingerprint density at radius 1 is 1.08 bits per heavy atom. The zero-order chi connectivity index (χ0) is 27.8. The topological polar surface area (TPSA) is 79.3 Å². The Balaban J connectivity index is 1.63. The maximum absolute atomic E-state index is 13.6. The summed E-state index contributed by atoms with van der Waals surface area (Å²) < 4.78 is 7.07. The molecule has 8 heteroatoms. The molecule has 1 aliphatic carbocycles. The highest BCUT2D eigenvalue weighted by atomic mass is 79.9. The van der Waals surface area contributed by atoms with Crippen molar-refractivity contribution in [3.8, 4) is 11.8 Å². The molecule has 3 aromatic carbocycles. The molecule has 0 aromatic heterocycles. The van der Waals surface area contributed by atoms with E-state index in [1.54, 1.807) is 23.1 Å². The molecule has 5 rings (SSSR count). The van der Waals surface area contributed by atoms with Gasteiger partial charge < -0.3 is 10.5 Å². The molecule has 0 amide bonds. The highest BCUT2D eigenvalue weighted by Gasteiger charge is 2.41. The molecule has 0 saturated heterocycles. The molecule has 1 atom stereocenters. The van der Waals surface area contributed by atoms with E-state index < -0.39 is 5.92 Å². The van der Waals surface area contributed by atoms with Crippen molar-refractivity contribution >= 4 is 50.6 Å². The molecule has 1 heterocycles. The summed E-state index contributed by atoms with van der Waals surface area (Å²) in [5.41, 5.74) is 13.0. The van der Waals surface area contributed by atoms with Crippen molar-refractivity contribution in [1.82, 2.24) is 0 Å². The minimum absolute atomic E-state index is 0.0279. The lowest BCUT2D eigenvalue weighted by Gasteiger charge is -2.40. The zero-order valence-electron chi connectivity index (χ0n) is 21.5. The summed E-state index contributed by atoms with van der Waals surface area (Å²) in [6, 6.07) is 19.4. The molecule has 1 unspecified atom stereocenters. The second kappa shape index (κ2) is 11.1. The first kappa shape index (κ1) is 27.3. The molecule has 2 N–H and O–H groups in total. The van der Waals surface area contributed by atoms with Crippen LogP contribution in [0.3, 0.4) is 0 Å². The van der Waals surface area contributed by atoms with Gasteiger partial charge in [0.2, 0.25) is 0 Å². The Labute approximate surface area is 246 Å². The first-order chi connectivity index (χ1) is 18.7. The number of benzene rings is 3. The zero-order valence-corrected chi connectivity index (χ0v) is 24.6. The molecule has 5 nitrogen and oxygen atoms in total. The first-order valence-corrected chi connectivity index (χ1v) is 14.1. The number of aryl methyl sites for hydroxylation is 1. The average Bonchev–Trinajstić information content (AvgIpc) is 2.91. The molecule has 2 aliphatic rings. The van der Waals surface area contributed by atoms with Gasteiger partial charge in [0.1, 0.15) is 18.2 Å². The molecule has 1 aliphatic heterocycles. The maximum atomic E-state index is 13.6. The predicted octanol–water partition coefficient (Wildman–Crippen LogP) is 8.26. The van der Waals surface area contributed by atoms with Gasteiger partial charge in [-0.1, -0.05) is 56.8 Å². The van der Waals surface area contributed by atoms with E-state index in [-0.39, 0.29) is 5.78 Å². The second-order valence-electron chi connectivity index (χ2n) is 9.80. The van der Waals surface area contributed by atoms with Gasteiger partial charge in [0.05, 0.1) is 27.6 Å². The van der Waals surface area contributed by atoms with Crippen molar-refractivity contribution in [2.45, 2.75) is 45.6 Å². The van der Waals surface area contributed by atoms with E-state index in [9.17, 15) is 10.1 Å². The van der Waals surface area contributed by atoms with Crippen LogP contribution in [0.15, 0.2) is 81.7 Å². The smallest absolute Gasteiger partial charge is 0.161 e. The average molecular weight is 623 g/mol. The Morgan fingerprint density at radius 3 is 2.51 bits per heavy atom. The van der Waals surface area contributed by atoms with Gasteiger partial charge in [0, 0.05) is 27.9 Å². The van der Waals surface area contributed by atoms with Gasteiger partial charge in [-0.15, -0.1) is 0 Å². The van der Waals surface area contributed by atoms with E-state index in [2.05, 4.69) is 34.1 Å². The van der Waals surface area contributed by atoms with Crippen LogP contribution in [0.25, 0.3) is 0 Å². The van der Waals surface area contributed by atoms with Crippen molar-refractivity contribution in [2.24, 2.45) is 5.73 Å². The Bertz CT molecular complexity index is 1590. The molecule has 39 heavy (non-hydrogen) atoms. The van der Waals surface area contributed by atoms with Gasteiger partial charge in [0.15, 0.2) is 5.78 Å². The Morgan fingerprint density at radius 2 is 1.82 bits per heavy atom. The van der Waals surface area contributed by atoms with Gasteiger partial charge in [0.25, 0.3) is 0 Å². The minimum Gasteiger partial charge on any atom is -0.489 e. The molecular weight excluding hydrogens is 597 g/mol. The van der Waals surface area contributed by atoms with E-state index in [1.807, 2.05) is 38.1 Å². The fraction of sp³-hybridized carbons (Fsp3) is 0.226. The summed E-state index contributed by atoms with van der Waals surface area (Å²) in [6.45, 7) is 4.37. The number of nitriles is 1. The van der Waals surface area contributed by atoms with E-state index in [0.717, 1.165) is 38.2 Å². The van der Waals surface area contributed by atoms with Crippen LogP contribution in [0.4, 0.5) is 5.69 Å². The molecular formula is C31H26BrCl2N3O2. The normalized spacial score (nSPS) is 17.3. The number of hydrogen-bond donors (Lipinski definition) is 1. The number of nitrogens with zero attached hydrogens (tertiary/aromatic N) is 2. The second-order valence-corrected chi connectivity index (χ2v) is 11.5. The van der Waals surface area contributed by atoms with Gasteiger partial charge in [-0.3, -0.25) is 9.69 Å². The maximum Gasteiger partial charge on any atom is 0.161 e. The van der Waals surface area contributed by atoms with E-state index >= 15 is 0 Å². The summed E-state index contributed by atoms with van der Waals surface area (Å²) in [5, 5.41) is 11.2. The Hall–Kier alpha value is -3.24.